The van der Waals surface area contributed by atoms with Gasteiger partial charge in [0.2, 0.25) is 0 Å². The van der Waals surface area contributed by atoms with Crippen LogP contribution >= 0.6 is 17.5 Å². The van der Waals surface area contributed by atoms with Crippen molar-refractivity contribution in [3.05, 3.63) is 45.3 Å². The van der Waals surface area contributed by atoms with Crippen LogP contribution in [0.4, 0.5) is 0 Å². The van der Waals surface area contributed by atoms with Gasteiger partial charge in [0.15, 0.2) is 8.32 Å². The zero-order valence-corrected chi connectivity index (χ0v) is 26.7. The molecule has 0 radical (unpaired) electrons. The van der Waals surface area contributed by atoms with Crippen LogP contribution in [0, 0.1) is 5.92 Å². The number of H-pyrrole nitrogens is 1. The summed E-state index contributed by atoms with van der Waals surface area (Å²) in [5, 5.41) is 10.9. The molecule has 0 amide bonds. The first-order valence-electron chi connectivity index (χ1n) is 12.9. The Morgan fingerprint density at radius 1 is 1.41 bits per heavy atom. The zero-order chi connectivity index (χ0) is 27.8. The second-order valence-electron chi connectivity index (χ2n) is 12.1. The van der Waals surface area contributed by atoms with Crippen LogP contribution in [0.2, 0.25) is 18.1 Å². The maximum atomic E-state index is 12.4. The summed E-state index contributed by atoms with van der Waals surface area (Å²) in [6.07, 6.45) is 1.05. The number of nitrogens with zero attached hydrogens (tertiary/aromatic N) is 1. The van der Waals surface area contributed by atoms with E-state index in [4.69, 9.17) is 25.5 Å². The van der Waals surface area contributed by atoms with Crippen molar-refractivity contribution in [3.63, 3.8) is 0 Å². The van der Waals surface area contributed by atoms with Gasteiger partial charge >= 0.3 is 5.69 Å². The third kappa shape index (κ3) is 7.57. The lowest BCUT2D eigenvalue weighted by Gasteiger charge is -2.41. The van der Waals surface area contributed by atoms with Crippen molar-refractivity contribution >= 4 is 37.6 Å². The van der Waals surface area contributed by atoms with Gasteiger partial charge in [-0.2, -0.15) is 0 Å². The number of aromatic amines is 1. The topological polar surface area (TPSA) is 103 Å². The smallest absolute Gasteiger partial charge is 0.330 e. The molecule has 210 valence electrons. The SMILES string of the molecule is C=C(C)[C@@H]1CC[C@](C)(S[PH](=S)OC[C@H]2O[C@@H](n3ccc(=O)[nH]c3=O)CC2O[Si](C)(C)C(C)(C)C)[C@@H](O)C1. The molecule has 2 aliphatic rings. The second kappa shape index (κ2) is 11.9. The molecule has 1 saturated heterocycles. The Balaban J connectivity index is 1.70. The summed E-state index contributed by atoms with van der Waals surface area (Å²) in [6, 6.07) is 1.31. The van der Waals surface area contributed by atoms with Gasteiger partial charge < -0.3 is 18.8 Å². The Morgan fingerprint density at radius 2 is 2.08 bits per heavy atom. The fraction of sp³-hybridized carbons (Fsp3) is 0.760. The summed E-state index contributed by atoms with van der Waals surface area (Å²) in [4.78, 5) is 26.3. The standard InChI is InChI=1S/C25H43N2O6PS2Si/c1-16(2)17-9-11-25(6,20(28)13-17)36-34(35)31-15-19-18(33-37(7,8)24(3,4)5)14-22(32-19)27-12-10-21(29)26-23(27)30/h10,12,17-20,22,28,34H,1,9,11,13-15H2,2-8H3,(H,26,29,30)/t17-,18?,19-,20+,22-,25+/m1/s1. The van der Waals surface area contributed by atoms with Gasteiger partial charge in [-0.3, -0.25) is 14.3 Å². The van der Waals surface area contributed by atoms with E-state index in [2.05, 4.69) is 52.4 Å². The first-order valence-corrected chi connectivity index (χ1v) is 19.9. The number of aromatic nitrogens is 2. The number of hydrogen-bond donors (Lipinski definition) is 2. The largest absolute Gasteiger partial charge is 0.411 e. The van der Waals surface area contributed by atoms with Crippen LogP contribution in [0.1, 0.15) is 66.5 Å². The minimum absolute atomic E-state index is 0.00149. The van der Waals surface area contributed by atoms with Crippen molar-refractivity contribution in [1.82, 2.24) is 9.55 Å². The average molecular weight is 591 g/mol. The van der Waals surface area contributed by atoms with Gasteiger partial charge in [0, 0.05) is 23.4 Å². The van der Waals surface area contributed by atoms with Crippen LogP contribution in [0.3, 0.4) is 0 Å². The number of rotatable bonds is 9. The Kier molecular flexibility index (Phi) is 9.99. The molecule has 2 heterocycles. The van der Waals surface area contributed by atoms with Crippen molar-refractivity contribution in [1.29, 1.82) is 0 Å². The van der Waals surface area contributed by atoms with E-state index in [0.717, 1.165) is 18.4 Å². The van der Waals surface area contributed by atoms with Crippen LogP contribution in [0.15, 0.2) is 34.0 Å². The molecular weight excluding hydrogens is 547 g/mol. The summed E-state index contributed by atoms with van der Waals surface area (Å²) >= 11 is 7.34. The highest BCUT2D eigenvalue weighted by Crippen LogP contribution is 2.55. The molecule has 1 aliphatic heterocycles. The molecule has 1 saturated carbocycles. The molecule has 0 bridgehead atoms. The predicted octanol–water partition coefficient (Wildman–Crippen LogP) is 4.97. The lowest BCUT2D eigenvalue weighted by molar-refractivity contribution is -0.0364. The van der Waals surface area contributed by atoms with Crippen LogP contribution in [-0.4, -0.2) is 52.6 Å². The van der Waals surface area contributed by atoms with E-state index in [-0.39, 0.29) is 22.5 Å². The molecule has 12 heteroatoms. The van der Waals surface area contributed by atoms with E-state index in [9.17, 15) is 14.7 Å². The van der Waals surface area contributed by atoms with E-state index in [0.29, 0.717) is 18.8 Å². The minimum Gasteiger partial charge on any atom is -0.411 e. The Bertz CT molecular complexity index is 1120. The molecule has 2 unspecified atom stereocenters. The van der Waals surface area contributed by atoms with Gasteiger partial charge in [-0.15, -0.1) is 0 Å². The van der Waals surface area contributed by atoms with Crippen LogP contribution < -0.4 is 11.2 Å². The maximum Gasteiger partial charge on any atom is 0.330 e. The Labute approximate surface area is 230 Å². The number of aliphatic hydroxyl groups excluding tert-OH is 1. The lowest BCUT2D eigenvalue weighted by Crippen LogP contribution is -2.46. The normalized spacial score (nSPS) is 31.8. The van der Waals surface area contributed by atoms with Gasteiger partial charge in [0.25, 0.3) is 5.56 Å². The van der Waals surface area contributed by atoms with E-state index < -0.39 is 44.1 Å². The molecule has 8 nitrogen and oxygen atoms in total. The molecule has 2 N–H and O–H groups in total. The molecular formula is C25H43N2O6PS2Si. The number of allylic oxidation sites excluding steroid dienone is 1. The van der Waals surface area contributed by atoms with Crippen molar-refractivity contribution < 1.29 is 18.8 Å². The van der Waals surface area contributed by atoms with Gasteiger partial charge in [-0.1, -0.05) is 56.1 Å². The van der Waals surface area contributed by atoms with E-state index in [1.807, 2.05) is 6.92 Å². The zero-order valence-electron chi connectivity index (χ0n) is 23.0. The second-order valence-corrected chi connectivity index (χ2v) is 22.4. The van der Waals surface area contributed by atoms with Crippen molar-refractivity contribution in [2.75, 3.05) is 6.61 Å². The molecule has 1 aliphatic carbocycles. The van der Waals surface area contributed by atoms with Crippen molar-refractivity contribution in [2.45, 2.75) is 108 Å². The summed E-state index contributed by atoms with van der Waals surface area (Å²) in [6.45, 7) is 19.3. The fourth-order valence-corrected chi connectivity index (χ4v) is 11.3. The molecule has 0 spiro atoms. The monoisotopic (exact) mass is 590 g/mol. The van der Waals surface area contributed by atoms with Gasteiger partial charge in [0.05, 0.1) is 18.8 Å². The van der Waals surface area contributed by atoms with Gasteiger partial charge in [-0.05, 0) is 57.2 Å². The van der Waals surface area contributed by atoms with E-state index in [1.165, 1.54) is 16.8 Å². The van der Waals surface area contributed by atoms with E-state index >= 15 is 0 Å². The predicted molar refractivity (Wildman–Crippen MR) is 158 cm³/mol. The number of hydrogen-bond acceptors (Lipinski definition) is 8. The Hall–Kier alpha value is -0.523. The average Bonchev–Trinajstić information content (AvgIpc) is 3.15. The third-order valence-electron chi connectivity index (χ3n) is 8.17. The first-order chi connectivity index (χ1) is 17.0. The summed E-state index contributed by atoms with van der Waals surface area (Å²) in [5.74, 6) is 0.346. The molecule has 37 heavy (non-hydrogen) atoms. The van der Waals surface area contributed by atoms with Crippen molar-refractivity contribution in [2.24, 2.45) is 5.92 Å². The number of aliphatic hydroxyl groups is 1. The highest BCUT2D eigenvalue weighted by Gasteiger charge is 2.46. The highest BCUT2D eigenvalue weighted by molar-refractivity contribution is 8.63. The maximum absolute atomic E-state index is 12.4. The molecule has 1 aromatic heterocycles. The van der Waals surface area contributed by atoms with Crippen LogP contribution in [0.25, 0.3) is 0 Å². The lowest BCUT2D eigenvalue weighted by atomic mass is 9.77. The van der Waals surface area contributed by atoms with Crippen LogP contribution in [0.5, 0.6) is 0 Å². The molecule has 3 rings (SSSR count). The molecule has 0 aromatic carbocycles. The molecule has 2 fully saturated rings. The van der Waals surface area contributed by atoms with Gasteiger partial charge in [-0.25, -0.2) is 4.79 Å². The summed E-state index contributed by atoms with van der Waals surface area (Å²) in [7, 11) is -2.14. The van der Waals surface area contributed by atoms with E-state index in [1.54, 1.807) is 11.4 Å². The Morgan fingerprint density at radius 3 is 2.65 bits per heavy atom. The van der Waals surface area contributed by atoms with Crippen LogP contribution in [-0.2, 0) is 25.5 Å². The van der Waals surface area contributed by atoms with Gasteiger partial charge in [0.1, 0.15) is 18.5 Å². The fourth-order valence-electron chi connectivity index (χ4n) is 4.56. The highest BCUT2D eigenvalue weighted by atomic mass is 32.9. The molecule has 1 aromatic rings. The quantitative estimate of drug-likeness (QED) is 0.236. The number of ether oxygens (including phenoxy) is 1. The first kappa shape index (κ1) is 31.0. The minimum atomic E-state index is -2.14. The summed E-state index contributed by atoms with van der Waals surface area (Å²) in [5.41, 5.74) is 0.158. The van der Waals surface area contributed by atoms with Crippen molar-refractivity contribution in [3.8, 4) is 0 Å². The summed E-state index contributed by atoms with van der Waals surface area (Å²) < 4.78 is 20.2. The third-order valence-corrected chi connectivity index (χ3v) is 17.5. The molecule has 7 atom stereocenters. The number of nitrogens with one attached hydrogen (secondary N) is 1.